The second kappa shape index (κ2) is 5.33. The molecular weight excluding hydrogens is 277 g/mol. The smallest absolute Gasteiger partial charge is 0.313 e. The number of nitro benzene ring substituents is 1. The molecule has 98 valence electrons. The third-order valence-corrected chi connectivity index (χ3v) is 4.11. The number of phenolic OH excluding ortho intramolecular Hbond substituents is 1. The lowest BCUT2D eigenvalue weighted by Gasteiger charge is -2.24. The van der Waals surface area contributed by atoms with E-state index in [0.717, 1.165) is 25.7 Å². The summed E-state index contributed by atoms with van der Waals surface area (Å²) in [4.78, 5) is 10.1. The van der Waals surface area contributed by atoms with Crippen molar-refractivity contribution < 1.29 is 10.0 Å². The van der Waals surface area contributed by atoms with Gasteiger partial charge in [0.15, 0.2) is 0 Å². The van der Waals surface area contributed by atoms with Gasteiger partial charge in [0.25, 0.3) is 0 Å². The van der Waals surface area contributed by atoms with Gasteiger partial charge in [-0.2, -0.15) is 0 Å². The normalized spacial score (nSPS) is 16.8. The maximum Gasteiger partial charge on any atom is 0.313 e. The SMILES string of the molecule is O=[N+]([O-])c1cc(Cl)c(C2CCCCC2)c(Cl)c1O. The molecule has 0 heterocycles. The molecule has 1 saturated carbocycles. The van der Waals surface area contributed by atoms with Gasteiger partial charge in [0.05, 0.1) is 15.0 Å². The molecule has 0 unspecified atom stereocenters. The Morgan fingerprint density at radius 1 is 1.28 bits per heavy atom. The summed E-state index contributed by atoms with van der Waals surface area (Å²) in [5.41, 5.74) is 0.214. The Labute approximate surface area is 115 Å². The van der Waals surface area contributed by atoms with Gasteiger partial charge in [0.2, 0.25) is 5.75 Å². The lowest BCUT2D eigenvalue weighted by Crippen LogP contribution is -2.06. The van der Waals surface area contributed by atoms with E-state index in [2.05, 4.69) is 0 Å². The largest absolute Gasteiger partial charge is 0.501 e. The summed E-state index contributed by atoms with van der Waals surface area (Å²) >= 11 is 12.1. The van der Waals surface area contributed by atoms with Gasteiger partial charge in [-0.05, 0) is 24.3 Å². The zero-order valence-electron chi connectivity index (χ0n) is 9.66. The van der Waals surface area contributed by atoms with Crippen LogP contribution >= 0.6 is 23.2 Å². The van der Waals surface area contributed by atoms with Crippen LogP contribution in [0.15, 0.2) is 6.07 Å². The summed E-state index contributed by atoms with van der Waals surface area (Å²) in [6.07, 6.45) is 5.28. The zero-order valence-corrected chi connectivity index (χ0v) is 11.2. The fourth-order valence-corrected chi connectivity index (χ4v) is 3.27. The lowest BCUT2D eigenvalue weighted by molar-refractivity contribution is -0.385. The van der Waals surface area contributed by atoms with Crippen LogP contribution in [0.2, 0.25) is 10.0 Å². The number of benzene rings is 1. The van der Waals surface area contributed by atoms with Crippen molar-refractivity contribution in [1.82, 2.24) is 0 Å². The first kappa shape index (κ1) is 13.4. The van der Waals surface area contributed by atoms with Gasteiger partial charge in [-0.3, -0.25) is 10.1 Å². The molecule has 18 heavy (non-hydrogen) atoms. The lowest BCUT2D eigenvalue weighted by atomic mass is 9.84. The highest BCUT2D eigenvalue weighted by Crippen LogP contribution is 2.47. The topological polar surface area (TPSA) is 63.4 Å². The number of phenols is 1. The summed E-state index contributed by atoms with van der Waals surface area (Å²) in [6, 6.07) is 1.19. The molecule has 6 heteroatoms. The number of halogens is 2. The molecule has 0 bridgehead atoms. The summed E-state index contributed by atoms with van der Waals surface area (Å²) in [7, 11) is 0. The van der Waals surface area contributed by atoms with Gasteiger partial charge in [0, 0.05) is 6.07 Å². The van der Waals surface area contributed by atoms with Gasteiger partial charge < -0.3 is 5.11 Å². The maximum absolute atomic E-state index is 10.7. The molecule has 0 aliphatic heterocycles. The molecule has 4 nitrogen and oxygen atoms in total. The highest BCUT2D eigenvalue weighted by molar-refractivity contribution is 6.37. The summed E-state index contributed by atoms with van der Waals surface area (Å²) in [5.74, 6) is -0.294. The molecule has 1 aromatic rings. The van der Waals surface area contributed by atoms with Crippen LogP contribution in [0.1, 0.15) is 43.6 Å². The number of hydrogen-bond acceptors (Lipinski definition) is 3. The molecule has 1 N–H and O–H groups in total. The van der Waals surface area contributed by atoms with Crippen LogP contribution in [0.4, 0.5) is 5.69 Å². The van der Waals surface area contributed by atoms with Crippen molar-refractivity contribution >= 4 is 28.9 Å². The molecule has 2 rings (SSSR count). The second-order valence-electron chi connectivity index (χ2n) is 4.55. The van der Waals surface area contributed by atoms with Crippen LogP contribution < -0.4 is 0 Å². The predicted molar refractivity (Wildman–Crippen MR) is 70.6 cm³/mol. The Kier molecular flexibility index (Phi) is 3.97. The van der Waals surface area contributed by atoms with E-state index in [0.29, 0.717) is 5.56 Å². The molecular formula is C12H13Cl2NO3. The Bertz CT molecular complexity index is 485. The van der Waals surface area contributed by atoms with Crippen LogP contribution in [0.25, 0.3) is 0 Å². The standard InChI is InChI=1S/C12H13Cl2NO3/c13-8-6-9(15(17)18)12(16)11(14)10(8)7-4-2-1-3-5-7/h6-7,16H,1-5H2. The van der Waals surface area contributed by atoms with Gasteiger partial charge in [-0.25, -0.2) is 0 Å². The number of nitro groups is 1. The van der Waals surface area contributed by atoms with Gasteiger partial charge in [0.1, 0.15) is 0 Å². The third kappa shape index (κ3) is 2.40. The highest BCUT2D eigenvalue weighted by atomic mass is 35.5. The molecule has 1 aromatic carbocycles. The van der Waals surface area contributed by atoms with E-state index in [4.69, 9.17) is 23.2 Å². The van der Waals surface area contributed by atoms with E-state index in [1.807, 2.05) is 0 Å². The van der Waals surface area contributed by atoms with E-state index in [-0.39, 0.29) is 16.0 Å². The first-order valence-corrected chi connectivity index (χ1v) is 6.63. The van der Waals surface area contributed by atoms with E-state index < -0.39 is 16.4 Å². The zero-order chi connectivity index (χ0) is 13.3. The minimum absolute atomic E-state index is 0.0288. The minimum atomic E-state index is -0.683. The molecule has 0 aromatic heterocycles. The predicted octanol–water partition coefficient (Wildman–Crippen LogP) is 4.65. The van der Waals surface area contributed by atoms with Crippen molar-refractivity contribution in [2.75, 3.05) is 0 Å². The second-order valence-corrected chi connectivity index (χ2v) is 5.33. The Morgan fingerprint density at radius 2 is 1.89 bits per heavy atom. The van der Waals surface area contributed by atoms with Crippen molar-refractivity contribution in [3.8, 4) is 5.75 Å². The third-order valence-electron chi connectivity index (χ3n) is 3.42. The molecule has 0 saturated heterocycles. The van der Waals surface area contributed by atoms with E-state index in [9.17, 15) is 15.2 Å². The van der Waals surface area contributed by atoms with Gasteiger partial charge in [-0.15, -0.1) is 0 Å². The number of nitrogens with zero attached hydrogens (tertiary/aromatic N) is 1. The fraction of sp³-hybridized carbons (Fsp3) is 0.500. The van der Waals surface area contributed by atoms with Crippen LogP contribution in [0.5, 0.6) is 5.75 Å². The van der Waals surface area contributed by atoms with Crippen LogP contribution in [-0.4, -0.2) is 10.0 Å². The summed E-state index contributed by atoms with van der Waals surface area (Å²) < 4.78 is 0. The van der Waals surface area contributed by atoms with Gasteiger partial charge in [-0.1, -0.05) is 42.5 Å². The molecule has 0 radical (unpaired) electrons. The molecule has 1 fully saturated rings. The molecule has 1 aliphatic rings. The summed E-state index contributed by atoms with van der Waals surface area (Å²) in [5, 5.41) is 20.8. The molecule has 0 spiro atoms. The Morgan fingerprint density at radius 3 is 2.44 bits per heavy atom. The van der Waals surface area contributed by atoms with Crippen molar-refractivity contribution in [3.05, 3.63) is 31.8 Å². The summed E-state index contributed by atoms with van der Waals surface area (Å²) in [6.45, 7) is 0. The first-order valence-electron chi connectivity index (χ1n) is 5.87. The number of aromatic hydroxyl groups is 1. The number of rotatable bonds is 2. The molecule has 1 aliphatic carbocycles. The maximum atomic E-state index is 10.7. The van der Waals surface area contributed by atoms with Crippen LogP contribution in [0, 0.1) is 10.1 Å². The van der Waals surface area contributed by atoms with Crippen LogP contribution in [-0.2, 0) is 0 Å². The van der Waals surface area contributed by atoms with Crippen molar-refractivity contribution in [1.29, 1.82) is 0 Å². The van der Waals surface area contributed by atoms with E-state index >= 15 is 0 Å². The first-order chi connectivity index (χ1) is 8.52. The van der Waals surface area contributed by atoms with Crippen molar-refractivity contribution in [2.24, 2.45) is 0 Å². The van der Waals surface area contributed by atoms with E-state index in [1.54, 1.807) is 0 Å². The average molecular weight is 290 g/mol. The minimum Gasteiger partial charge on any atom is -0.501 e. The molecule has 0 amide bonds. The van der Waals surface area contributed by atoms with Crippen molar-refractivity contribution in [3.63, 3.8) is 0 Å². The average Bonchev–Trinajstić information content (AvgIpc) is 2.35. The van der Waals surface area contributed by atoms with Crippen molar-refractivity contribution in [2.45, 2.75) is 38.0 Å². The Balaban J connectivity index is 2.48. The Hall–Kier alpha value is -1.00. The highest BCUT2D eigenvalue weighted by Gasteiger charge is 2.27. The monoisotopic (exact) mass is 289 g/mol. The van der Waals surface area contributed by atoms with Gasteiger partial charge >= 0.3 is 5.69 Å². The fourth-order valence-electron chi connectivity index (χ4n) is 2.52. The molecule has 0 atom stereocenters. The number of hydrogen-bond donors (Lipinski definition) is 1. The quantitative estimate of drug-likeness (QED) is 0.636. The van der Waals surface area contributed by atoms with Crippen LogP contribution in [0.3, 0.4) is 0 Å². The van der Waals surface area contributed by atoms with E-state index in [1.165, 1.54) is 12.5 Å².